The fourth-order valence-corrected chi connectivity index (χ4v) is 6.21. The summed E-state index contributed by atoms with van der Waals surface area (Å²) in [7, 11) is -11.0. The van der Waals surface area contributed by atoms with Crippen molar-refractivity contribution in [3.8, 4) is 0 Å². The summed E-state index contributed by atoms with van der Waals surface area (Å²) in [6.07, 6.45) is -8.26. The van der Waals surface area contributed by atoms with Gasteiger partial charge in [-0.05, 0) is 0 Å². The number of anilines is 2. The Morgan fingerprint density at radius 2 is 1.21 bits per heavy atom. The van der Waals surface area contributed by atoms with Gasteiger partial charge in [0.25, 0.3) is 7.82 Å². The minimum absolute atomic E-state index is 0. The van der Waals surface area contributed by atoms with Crippen LogP contribution in [0.15, 0.2) is 25.3 Å². The van der Waals surface area contributed by atoms with Gasteiger partial charge in [0.05, 0.1) is 33.7 Å². The molecule has 2 aliphatic heterocycles. The Balaban J connectivity index is 0.00000208. The van der Waals surface area contributed by atoms with Crippen molar-refractivity contribution in [1.82, 2.24) is 39.0 Å². The molecule has 0 amide bonds. The van der Waals surface area contributed by atoms with Crippen LogP contribution in [0.2, 0.25) is 0 Å². The molecule has 4 aromatic heterocycles. The van der Waals surface area contributed by atoms with Gasteiger partial charge in [-0.25, -0.2) is 29.9 Å². The molecular formula is C20H23N10Na3O13P2. The van der Waals surface area contributed by atoms with Crippen molar-refractivity contribution in [2.75, 3.05) is 24.7 Å². The molecule has 244 valence electrons. The molecule has 28 heteroatoms. The molecule has 6 heterocycles. The molecule has 23 nitrogen and oxygen atoms in total. The molecule has 0 aromatic carbocycles. The Hall–Kier alpha value is -0.280. The summed E-state index contributed by atoms with van der Waals surface area (Å²) < 4.78 is 51.8. The van der Waals surface area contributed by atoms with Gasteiger partial charge in [0.15, 0.2) is 35.4 Å². The smallest absolute Gasteiger partial charge is 0.790 e. The van der Waals surface area contributed by atoms with E-state index < -0.39 is 77.9 Å². The molecule has 0 aliphatic carbocycles. The number of aliphatic hydroxyl groups is 3. The van der Waals surface area contributed by atoms with E-state index in [4.69, 9.17) is 30.0 Å². The Morgan fingerprint density at radius 1 is 0.729 bits per heavy atom. The van der Waals surface area contributed by atoms with Gasteiger partial charge in [-0.2, -0.15) is 0 Å². The predicted octanol–water partition coefficient (Wildman–Crippen LogP) is -13.6. The number of phosphoric acid groups is 2. The van der Waals surface area contributed by atoms with E-state index in [1.807, 2.05) is 0 Å². The van der Waals surface area contributed by atoms with Crippen LogP contribution in [0.25, 0.3) is 22.3 Å². The van der Waals surface area contributed by atoms with Crippen molar-refractivity contribution in [1.29, 1.82) is 0 Å². The van der Waals surface area contributed by atoms with E-state index in [1.54, 1.807) is 0 Å². The summed E-state index contributed by atoms with van der Waals surface area (Å²) in [4.78, 5) is 58.8. The van der Waals surface area contributed by atoms with E-state index in [0.29, 0.717) is 0 Å². The van der Waals surface area contributed by atoms with Crippen LogP contribution in [-0.2, 0) is 32.2 Å². The summed E-state index contributed by atoms with van der Waals surface area (Å²) in [5, 5.41) is 32.2. The fraction of sp³-hybridized carbons (Fsp3) is 0.500. The number of phosphoric ester groups is 2. The number of imidazole rings is 2. The summed E-state index contributed by atoms with van der Waals surface area (Å²) >= 11 is 0. The molecule has 0 spiro atoms. The van der Waals surface area contributed by atoms with Gasteiger partial charge in [-0.3, -0.25) is 13.7 Å². The second kappa shape index (κ2) is 16.6. The van der Waals surface area contributed by atoms with Crippen molar-refractivity contribution >= 4 is 49.6 Å². The SMILES string of the molecule is Nc1ncnc2c1ncn2[C@@H]1O[C@H](COP(=O)([O-])O[C@H]2[C@@H](O)[C@H](n3cnc4c(N)ncnc43)O[C@@H]2COP(=O)([O-])[O-])[C@@H](O)[C@H]1O.[Na+].[Na+].[Na+]. The zero-order valence-corrected chi connectivity index (χ0v) is 33.2. The van der Waals surface area contributed by atoms with Crippen LogP contribution >= 0.6 is 15.6 Å². The average Bonchev–Trinajstić information content (AvgIpc) is 3.73. The maximum Gasteiger partial charge on any atom is 1.00 e. The second-order valence-corrected chi connectivity index (χ2v) is 12.3. The van der Waals surface area contributed by atoms with E-state index in [2.05, 4.69) is 34.4 Å². The van der Waals surface area contributed by atoms with Crippen LogP contribution in [-0.4, -0.2) is 104 Å². The van der Waals surface area contributed by atoms with Crippen LogP contribution < -0.4 is 115 Å². The molecule has 9 atom stereocenters. The second-order valence-electron chi connectivity index (χ2n) is 9.82. The molecule has 48 heavy (non-hydrogen) atoms. The normalized spacial score (nSPS) is 28.5. The van der Waals surface area contributed by atoms with Crippen molar-refractivity contribution in [2.24, 2.45) is 0 Å². The minimum atomic E-state index is -5.57. The summed E-state index contributed by atoms with van der Waals surface area (Å²) in [5.41, 5.74) is 12.1. The number of ether oxygens (including phenoxy) is 2. The third-order valence-corrected chi connectivity index (χ3v) is 8.45. The zero-order valence-electron chi connectivity index (χ0n) is 25.4. The fourth-order valence-electron chi connectivity index (χ4n) is 4.93. The first-order chi connectivity index (χ1) is 21.2. The monoisotopic (exact) mass is 742 g/mol. The van der Waals surface area contributed by atoms with E-state index in [0.717, 1.165) is 23.5 Å². The molecule has 2 fully saturated rings. The van der Waals surface area contributed by atoms with Crippen LogP contribution in [0.5, 0.6) is 0 Å². The Bertz CT molecular complexity index is 1820. The number of hydrogen-bond donors (Lipinski definition) is 5. The third-order valence-electron chi connectivity index (χ3n) is 7.01. The first kappa shape index (κ1) is 42.1. The van der Waals surface area contributed by atoms with Crippen molar-refractivity contribution in [3.05, 3.63) is 25.3 Å². The van der Waals surface area contributed by atoms with Crippen LogP contribution in [0.3, 0.4) is 0 Å². The number of hydrogen-bond acceptors (Lipinski definition) is 21. The number of fused-ring (bicyclic) bond motifs is 2. The van der Waals surface area contributed by atoms with E-state index in [9.17, 15) is 39.1 Å². The number of nitrogen functional groups attached to an aromatic ring is 2. The van der Waals surface area contributed by atoms with Crippen LogP contribution in [0, 0.1) is 0 Å². The Labute approximate surface area is 335 Å². The maximum absolute atomic E-state index is 12.9. The summed E-state index contributed by atoms with van der Waals surface area (Å²) in [5.74, 6) is 0.0319. The van der Waals surface area contributed by atoms with Crippen LogP contribution in [0.4, 0.5) is 11.6 Å². The molecule has 6 rings (SSSR count). The molecular weight excluding hydrogens is 719 g/mol. The largest absolute Gasteiger partial charge is 1.00 e. The summed E-state index contributed by atoms with van der Waals surface area (Å²) in [6, 6.07) is 0. The maximum atomic E-state index is 12.9. The van der Waals surface area contributed by atoms with Gasteiger partial charge in [0, 0.05) is 0 Å². The number of nitrogens with zero attached hydrogens (tertiary/aromatic N) is 8. The van der Waals surface area contributed by atoms with Gasteiger partial charge >= 0.3 is 88.7 Å². The first-order valence-corrected chi connectivity index (χ1v) is 15.7. The van der Waals surface area contributed by atoms with E-state index in [1.165, 1.54) is 10.9 Å². The average molecular weight is 742 g/mol. The quantitative estimate of drug-likeness (QED) is 0.0743. The third kappa shape index (κ3) is 8.67. The summed E-state index contributed by atoms with van der Waals surface area (Å²) in [6.45, 7) is -1.93. The molecule has 2 aliphatic rings. The number of aromatic nitrogens is 8. The van der Waals surface area contributed by atoms with Gasteiger partial charge in [0.1, 0.15) is 60.3 Å². The molecule has 7 N–H and O–H groups in total. The van der Waals surface area contributed by atoms with Gasteiger partial charge in [-0.15, -0.1) is 0 Å². The molecule has 0 radical (unpaired) electrons. The van der Waals surface area contributed by atoms with Gasteiger partial charge in [0.2, 0.25) is 0 Å². The number of rotatable bonds is 10. The number of nitrogens with two attached hydrogens (primary N) is 2. The van der Waals surface area contributed by atoms with Gasteiger partial charge < -0.3 is 69.1 Å². The van der Waals surface area contributed by atoms with Crippen molar-refractivity contribution in [2.45, 2.75) is 49.1 Å². The number of aliphatic hydroxyl groups excluding tert-OH is 3. The molecule has 2 saturated heterocycles. The Morgan fingerprint density at radius 3 is 1.73 bits per heavy atom. The van der Waals surface area contributed by atoms with Gasteiger partial charge in [-0.1, -0.05) is 0 Å². The van der Waals surface area contributed by atoms with Crippen molar-refractivity contribution in [3.63, 3.8) is 0 Å². The molecule has 0 bridgehead atoms. The zero-order chi connectivity index (χ0) is 32.3. The van der Waals surface area contributed by atoms with E-state index in [-0.39, 0.29) is 123 Å². The molecule has 0 saturated carbocycles. The minimum Gasteiger partial charge on any atom is -0.790 e. The van der Waals surface area contributed by atoms with Crippen molar-refractivity contribution < 1.29 is 151 Å². The standard InChI is InChI=1S/C20H26N10O13P2.3Na/c21-15-9-17(25-3-23-15)29(5-27-9)19-12(32)11(31)7(41-19)1-40-45(37,38)43-14-8(2-39-44(34,35)36)42-20(13(14)33)30-6-28-10-16(22)24-4-26-18(10)30;;;/h3-8,11-14,19-20,31-33H,1-2H2,(H,37,38)(H2,21,23,25)(H2,22,24,26)(H2,34,35,36);;;/q;3*+1/p-3/t7-,8-,11-,12-,13-,14-,19-,20-;;;/m1.../s1. The predicted molar refractivity (Wildman–Crippen MR) is 137 cm³/mol. The Kier molecular flexibility index (Phi) is 14.6. The van der Waals surface area contributed by atoms with Crippen LogP contribution in [0.1, 0.15) is 12.5 Å². The topological polar surface area (TPSA) is 349 Å². The van der Waals surface area contributed by atoms with E-state index >= 15 is 0 Å². The molecule has 4 aromatic rings. The first-order valence-electron chi connectivity index (χ1n) is 12.8. The molecule has 1 unspecified atom stereocenters.